The van der Waals surface area contributed by atoms with E-state index in [9.17, 15) is 5.21 Å². The number of rotatable bonds is 3. The van der Waals surface area contributed by atoms with Gasteiger partial charge < -0.3 is 10.3 Å². The molecule has 5 nitrogen and oxygen atoms in total. The Balaban J connectivity index is 2.07. The van der Waals surface area contributed by atoms with Crippen molar-refractivity contribution in [2.75, 3.05) is 6.61 Å². The van der Waals surface area contributed by atoms with Gasteiger partial charge in [0.2, 0.25) is 0 Å². The molecule has 0 spiro atoms. The number of fused-ring (bicyclic) bond motifs is 2. The topological polar surface area (TPSA) is 73.0 Å². The molecule has 1 heterocycles. The Morgan fingerprint density at radius 3 is 2.84 bits per heavy atom. The van der Waals surface area contributed by atoms with Gasteiger partial charge in [-0.05, 0) is 47.2 Å². The summed E-state index contributed by atoms with van der Waals surface area (Å²) in [6.07, 6.45) is 3.19. The van der Waals surface area contributed by atoms with Crippen LogP contribution in [0.5, 0.6) is 0 Å². The van der Waals surface area contributed by atoms with Gasteiger partial charge >= 0.3 is 0 Å². The molecule has 1 aliphatic carbocycles. The second-order valence-corrected chi connectivity index (χ2v) is 5.35. The van der Waals surface area contributed by atoms with E-state index in [-0.39, 0.29) is 6.61 Å². The van der Waals surface area contributed by atoms with Gasteiger partial charge in [0.1, 0.15) is 5.52 Å². The standard InChI is InChI=1S/C14H17N3O2/c1-9-5-10-7-12-13(8-11(10)6-9)17(19)16-14(15-12)3-2-4-18/h7-9,18H,2-6H2,1H3. The lowest BCUT2D eigenvalue weighted by molar-refractivity contribution is -0.644. The van der Waals surface area contributed by atoms with E-state index >= 15 is 0 Å². The summed E-state index contributed by atoms with van der Waals surface area (Å²) in [6.45, 7) is 2.30. The largest absolute Gasteiger partial charge is 0.594 e. The van der Waals surface area contributed by atoms with Crippen LogP contribution >= 0.6 is 0 Å². The summed E-state index contributed by atoms with van der Waals surface area (Å²) in [5.41, 5.74) is 3.80. The fourth-order valence-corrected chi connectivity index (χ4v) is 2.77. The molecule has 0 saturated heterocycles. The molecule has 19 heavy (non-hydrogen) atoms. The van der Waals surface area contributed by atoms with Crippen LogP contribution in [0.1, 0.15) is 30.3 Å². The van der Waals surface area contributed by atoms with E-state index in [2.05, 4.69) is 17.0 Å². The van der Waals surface area contributed by atoms with E-state index < -0.39 is 0 Å². The predicted octanol–water partition coefficient (Wildman–Crippen LogP) is 0.923. The van der Waals surface area contributed by atoms with E-state index in [1.165, 1.54) is 11.1 Å². The van der Waals surface area contributed by atoms with Crippen LogP contribution in [0, 0.1) is 11.1 Å². The van der Waals surface area contributed by atoms with Crippen molar-refractivity contribution < 1.29 is 9.95 Å². The van der Waals surface area contributed by atoms with Gasteiger partial charge in [0.05, 0.1) is 0 Å². The molecule has 3 rings (SSSR count). The van der Waals surface area contributed by atoms with Gasteiger partial charge in [0.25, 0.3) is 5.52 Å². The van der Waals surface area contributed by atoms with E-state index in [1.54, 1.807) is 0 Å². The third-order valence-electron chi connectivity index (χ3n) is 3.65. The Kier molecular flexibility index (Phi) is 3.06. The average molecular weight is 259 g/mol. The van der Waals surface area contributed by atoms with Crippen molar-refractivity contribution in [2.24, 2.45) is 5.92 Å². The Hall–Kier alpha value is -1.75. The maximum Gasteiger partial charge on any atom is 0.270 e. The number of nitrogens with zero attached hydrogens (tertiary/aromatic N) is 3. The Morgan fingerprint density at radius 2 is 2.11 bits per heavy atom. The van der Waals surface area contributed by atoms with Crippen LogP contribution in [0.25, 0.3) is 11.0 Å². The lowest BCUT2D eigenvalue weighted by Gasteiger charge is -2.04. The zero-order valence-corrected chi connectivity index (χ0v) is 11.0. The summed E-state index contributed by atoms with van der Waals surface area (Å²) in [4.78, 5) is 5.10. The number of benzene rings is 1. The number of aliphatic hydroxyl groups is 1. The quantitative estimate of drug-likeness (QED) is 0.657. The number of aliphatic hydroxyl groups excluding tert-OH is 1. The molecular weight excluding hydrogens is 242 g/mol. The fourth-order valence-electron chi connectivity index (χ4n) is 2.77. The molecule has 0 bridgehead atoms. The average Bonchev–Trinajstić information content (AvgIpc) is 2.73. The molecule has 0 radical (unpaired) electrons. The molecule has 1 unspecified atom stereocenters. The summed E-state index contributed by atoms with van der Waals surface area (Å²) in [5.74, 6) is 1.14. The van der Waals surface area contributed by atoms with Crippen LogP contribution in [0.2, 0.25) is 0 Å². The molecule has 1 atom stereocenters. The summed E-state index contributed by atoms with van der Waals surface area (Å²) in [6, 6.07) is 3.95. The highest BCUT2D eigenvalue weighted by atomic mass is 16.5. The second-order valence-electron chi connectivity index (χ2n) is 5.35. The molecule has 0 amide bonds. The lowest BCUT2D eigenvalue weighted by atomic mass is 10.1. The number of aryl methyl sites for hydroxylation is 1. The maximum absolute atomic E-state index is 11.9. The third-order valence-corrected chi connectivity index (χ3v) is 3.65. The first kappa shape index (κ1) is 12.3. The van der Waals surface area contributed by atoms with E-state index in [0.29, 0.717) is 40.5 Å². The third kappa shape index (κ3) is 2.26. The predicted molar refractivity (Wildman–Crippen MR) is 70.5 cm³/mol. The van der Waals surface area contributed by atoms with Gasteiger partial charge in [-0.15, -0.1) is 0 Å². The minimum absolute atomic E-state index is 0.0853. The second kappa shape index (κ2) is 4.74. The number of aromatic nitrogens is 3. The summed E-state index contributed by atoms with van der Waals surface area (Å²) in [5, 5.41) is 24.7. The maximum atomic E-state index is 11.9. The van der Waals surface area contributed by atoms with Gasteiger partial charge in [-0.2, -0.15) is 0 Å². The van der Waals surface area contributed by atoms with Gasteiger partial charge in [-0.1, -0.05) is 6.92 Å². The molecule has 1 aromatic heterocycles. The van der Waals surface area contributed by atoms with Crippen molar-refractivity contribution in [1.82, 2.24) is 10.1 Å². The van der Waals surface area contributed by atoms with Crippen LogP contribution in [0.15, 0.2) is 12.1 Å². The first-order chi connectivity index (χ1) is 9.17. The zero-order valence-electron chi connectivity index (χ0n) is 11.0. The highest BCUT2D eigenvalue weighted by Gasteiger charge is 2.21. The van der Waals surface area contributed by atoms with Crippen LogP contribution < -0.4 is 4.85 Å². The molecule has 0 fully saturated rings. The van der Waals surface area contributed by atoms with Crippen molar-refractivity contribution in [3.05, 3.63) is 34.3 Å². The summed E-state index contributed by atoms with van der Waals surface area (Å²) < 4.78 is 0. The molecule has 2 aromatic rings. The highest BCUT2D eigenvalue weighted by Crippen LogP contribution is 2.28. The van der Waals surface area contributed by atoms with Crippen molar-refractivity contribution in [3.63, 3.8) is 0 Å². The van der Waals surface area contributed by atoms with Gasteiger partial charge in [-0.3, -0.25) is 0 Å². The first-order valence-electron chi connectivity index (χ1n) is 6.70. The van der Waals surface area contributed by atoms with Crippen LogP contribution in [-0.2, 0) is 19.3 Å². The summed E-state index contributed by atoms with van der Waals surface area (Å²) in [7, 11) is 0. The molecular formula is C14H17N3O2. The fraction of sp³-hybridized carbons (Fsp3) is 0.500. The van der Waals surface area contributed by atoms with Crippen LogP contribution in [0.4, 0.5) is 0 Å². The van der Waals surface area contributed by atoms with E-state index in [1.807, 2.05) is 12.1 Å². The van der Waals surface area contributed by atoms with Crippen molar-refractivity contribution in [3.8, 4) is 0 Å². The van der Waals surface area contributed by atoms with Gasteiger partial charge in [-0.25, -0.2) is 4.98 Å². The van der Waals surface area contributed by atoms with E-state index in [4.69, 9.17) is 5.11 Å². The van der Waals surface area contributed by atoms with E-state index in [0.717, 1.165) is 12.8 Å². The van der Waals surface area contributed by atoms with Crippen LogP contribution in [-0.4, -0.2) is 21.8 Å². The molecule has 1 aliphatic rings. The highest BCUT2D eigenvalue weighted by molar-refractivity contribution is 5.73. The van der Waals surface area contributed by atoms with Crippen molar-refractivity contribution in [2.45, 2.75) is 32.6 Å². The minimum atomic E-state index is 0.0853. The monoisotopic (exact) mass is 259 g/mol. The Bertz CT molecular complexity index is 628. The van der Waals surface area contributed by atoms with Crippen LogP contribution in [0.3, 0.4) is 0 Å². The Labute approximate surface area is 111 Å². The van der Waals surface area contributed by atoms with Gasteiger partial charge in [0, 0.05) is 24.2 Å². The first-order valence-corrected chi connectivity index (χ1v) is 6.70. The molecule has 1 aromatic carbocycles. The summed E-state index contributed by atoms with van der Waals surface area (Å²) >= 11 is 0. The lowest BCUT2D eigenvalue weighted by Crippen LogP contribution is -2.34. The normalized spacial score (nSPS) is 17.9. The minimum Gasteiger partial charge on any atom is -0.594 e. The molecule has 100 valence electrons. The molecule has 1 N–H and O–H groups in total. The van der Waals surface area contributed by atoms with Crippen molar-refractivity contribution in [1.29, 1.82) is 0 Å². The smallest absolute Gasteiger partial charge is 0.270 e. The van der Waals surface area contributed by atoms with Gasteiger partial charge in [0.15, 0.2) is 5.82 Å². The SMILES string of the molecule is CC1Cc2cc3nc(CCCO)n[n+]([O-])c3cc2C1. The molecule has 0 aliphatic heterocycles. The zero-order chi connectivity index (χ0) is 13.4. The van der Waals surface area contributed by atoms with Crippen molar-refractivity contribution >= 4 is 11.0 Å². The number of hydrogen-bond acceptors (Lipinski definition) is 4. The number of hydrogen-bond donors (Lipinski definition) is 1. The molecule has 5 heteroatoms. The molecule has 0 saturated carbocycles. The Morgan fingerprint density at radius 1 is 1.37 bits per heavy atom.